The standard InChI is InChI=1S/C28H34B10O/c1-28(2,3)17-10(15-20(31)24(35)27(38)25(36)21(15)32)7-8-12-16(17)13-9(5-4-6-11(13)39-12)14-18(29)22(33)26(37)23(34)19(14)30/h4-8H,29-38H2,1-3H3. The van der Waals surface area contributed by atoms with Crippen molar-refractivity contribution in [3.05, 3.63) is 35.9 Å². The Hall–Kier alpha value is -2.67. The molecule has 11 heteroatoms. The van der Waals surface area contributed by atoms with Crippen LogP contribution >= 0.6 is 0 Å². The molecule has 0 saturated heterocycles. The van der Waals surface area contributed by atoms with Gasteiger partial charge in [0.2, 0.25) is 0 Å². The molecule has 1 nitrogen and oxygen atoms in total. The number of rotatable bonds is 2. The summed E-state index contributed by atoms with van der Waals surface area (Å²) in [5, 5.41) is 2.50. The van der Waals surface area contributed by atoms with Gasteiger partial charge in [0.05, 0.1) is 0 Å². The SMILES string of the molecule is Bc1c(B)c(B)c(-c2ccc3oc4cccc(-c5c(B)c(B)c(B)c(B)c5B)c4c3c2C(C)(C)C)c(B)c1B. The third-order valence-electron chi connectivity index (χ3n) is 9.95. The molecular formula is C28H34B10O. The zero-order valence-corrected chi connectivity index (χ0v) is 26.3. The van der Waals surface area contributed by atoms with E-state index in [1.165, 1.54) is 93.2 Å². The van der Waals surface area contributed by atoms with Crippen molar-refractivity contribution in [2.75, 3.05) is 0 Å². The molecule has 4 aromatic carbocycles. The Morgan fingerprint density at radius 3 is 1.33 bits per heavy atom. The van der Waals surface area contributed by atoms with Gasteiger partial charge in [0.15, 0.2) is 0 Å². The van der Waals surface area contributed by atoms with Gasteiger partial charge in [-0.2, -0.15) is 0 Å². The summed E-state index contributed by atoms with van der Waals surface area (Å²) >= 11 is 0. The Morgan fingerprint density at radius 1 is 0.462 bits per heavy atom. The Bertz CT molecular complexity index is 1790. The number of furan rings is 1. The minimum absolute atomic E-state index is 0.0897. The lowest BCUT2D eigenvalue weighted by atomic mass is 9.59. The molecular weight excluding hydrogens is 460 g/mol. The minimum atomic E-state index is -0.0897. The van der Waals surface area contributed by atoms with E-state index in [4.69, 9.17) is 4.42 Å². The lowest BCUT2D eigenvalue weighted by Crippen LogP contribution is -2.55. The molecule has 0 N–H and O–H groups in total. The lowest BCUT2D eigenvalue weighted by molar-refractivity contribution is 0.596. The van der Waals surface area contributed by atoms with Crippen LogP contribution in [0.1, 0.15) is 26.3 Å². The zero-order valence-electron chi connectivity index (χ0n) is 26.3. The highest BCUT2D eigenvalue weighted by atomic mass is 16.3. The first-order chi connectivity index (χ1) is 18.2. The van der Waals surface area contributed by atoms with Crippen molar-refractivity contribution in [3.8, 4) is 22.3 Å². The van der Waals surface area contributed by atoms with Gasteiger partial charge >= 0.3 is 0 Å². The van der Waals surface area contributed by atoms with Crippen LogP contribution in [0, 0.1) is 0 Å². The molecule has 0 unspecified atom stereocenters. The van der Waals surface area contributed by atoms with Crippen LogP contribution in [-0.2, 0) is 5.41 Å². The number of hydrogen-bond donors (Lipinski definition) is 0. The van der Waals surface area contributed by atoms with Crippen molar-refractivity contribution in [1.82, 2.24) is 0 Å². The van der Waals surface area contributed by atoms with Crippen LogP contribution in [0.4, 0.5) is 0 Å². The normalized spacial score (nSPS) is 12.0. The molecule has 1 aromatic heterocycles. The monoisotopic (exact) mass is 496 g/mol. The molecule has 182 valence electrons. The van der Waals surface area contributed by atoms with Crippen molar-refractivity contribution in [1.29, 1.82) is 0 Å². The van der Waals surface area contributed by atoms with Crippen LogP contribution in [0.25, 0.3) is 44.2 Å². The quantitative estimate of drug-likeness (QED) is 0.222. The second kappa shape index (κ2) is 9.46. The maximum Gasteiger partial charge on any atom is 0.139 e. The third kappa shape index (κ3) is 4.06. The van der Waals surface area contributed by atoms with E-state index >= 15 is 0 Å². The van der Waals surface area contributed by atoms with Gasteiger partial charge in [-0.3, -0.25) is 0 Å². The van der Waals surface area contributed by atoms with Gasteiger partial charge in [-0.1, -0.05) is 60.8 Å². The van der Waals surface area contributed by atoms with Crippen LogP contribution in [0.3, 0.4) is 0 Å². The van der Waals surface area contributed by atoms with Gasteiger partial charge < -0.3 is 4.42 Å². The smallest absolute Gasteiger partial charge is 0.139 e. The van der Waals surface area contributed by atoms with Crippen molar-refractivity contribution in [2.45, 2.75) is 26.2 Å². The summed E-state index contributed by atoms with van der Waals surface area (Å²) in [7, 11) is 22.7. The summed E-state index contributed by atoms with van der Waals surface area (Å²) in [5.41, 5.74) is 22.4. The summed E-state index contributed by atoms with van der Waals surface area (Å²) in [6.07, 6.45) is 0. The highest BCUT2D eigenvalue weighted by Gasteiger charge is 2.28. The molecule has 0 radical (unpaired) electrons. The average molecular weight is 495 g/mol. The Balaban J connectivity index is 2.03. The van der Waals surface area contributed by atoms with Crippen molar-refractivity contribution in [3.63, 3.8) is 0 Å². The van der Waals surface area contributed by atoms with E-state index in [9.17, 15) is 0 Å². The predicted molar refractivity (Wildman–Crippen MR) is 205 cm³/mol. The number of hydrogen-bond acceptors (Lipinski definition) is 1. The topological polar surface area (TPSA) is 13.1 Å². The van der Waals surface area contributed by atoms with E-state index < -0.39 is 0 Å². The second-order valence-electron chi connectivity index (χ2n) is 12.9. The summed E-state index contributed by atoms with van der Waals surface area (Å²) in [5.74, 6) is 0. The molecule has 0 aliphatic carbocycles. The van der Waals surface area contributed by atoms with E-state index in [1.54, 1.807) is 0 Å². The van der Waals surface area contributed by atoms with Crippen molar-refractivity contribution >= 4 is 155 Å². The first kappa shape index (κ1) is 27.9. The largest absolute Gasteiger partial charge is 0.456 e. The molecule has 0 amide bonds. The van der Waals surface area contributed by atoms with Crippen LogP contribution in [-0.4, -0.2) is 78.5 Å². The van der Waals surface area contributed by atoms with E-state index in [0.29, 0.717) is 0 Å². The fraction of sp³-hybridized carbons (Fsp3) is 0.143. The molecule has 0 atom stereocenters. The average Bonchev–Trinajstić information content (AvgIpc) is 3.27. The number of fused-ring (bicyclic) bond motifs is 3. The first-order valence-corrected chi connectivity index (χ1v) is 14.3. The Kier molecular flexibility index (Phi) is 6.77. The summed E-state index contributed by atoms with van der Waals surface area (Å²) in [6.45, 7) is 7.05. The fourth-order valence-corrected chi connectivity index (χ4v) is 6.91. The molecule has 1 heterocycles. The predicted octanol–water partition coefficient (Wildman–Crippen LogP) is -9.20. The third-order valence-corrected chi connectivity index (χ3v) is 9.95. The molecule has 0 spiro atoms. The first-order valence-electron chi connectivity index (χ1n) is 14.3. The van der Waals surface area contributed by atoms with Gasteiger partial charge in [-0.25, -0.2) is 0 Å². The molecule has 0 bridgehead atoms. The fourth-order valence-electron chi connectivity index (χ4n) is 6.91. The lowest BCUT2D eigenvalue weighted by Gasteiger charge is -2.28. The maximum atomic E-state index is 6.63. The molecule has 0 aliphatic heterocycles. The van der Waals surface area contributed by atoms with Gasteiger partial charge in [-0.05, 0) is 45.4 Å². The van der Waals surface area contributed by atoms with Gasteiger partial charge in [0.25, 0.3) is 0 Å². The highest BCUT2D eigenvalue weighted by molar-refractivity contribution is 6.70. The van der Waals surface area contributed by atoms with Crippen LogP contribution in [0.15, 0.2) is 34.7 Å². The molecule has 0 aliphatic rings. The van der Waals surface area contributed by atoms with Crippen molar-refractivity contribution in [2.24, 2.45) is 0 Å². The minimum Gasteiger partial charge on any atom is -0.456 e. The highest BCUT2D eigenvalue weighted by Crippen LogP contribution is 2.44. The Morgan fingerprint density at radius 2 is 0.872 bits per heavy atom. The molecule has 5 aromatic rings. The van der Waals surface area contributed by atoms with Gasteiger partial charge in [-0.15, -0.1) is 32.8 Å². The number of benzene rings is 4. The zero-order chi connectivity index (χ0) is 28.7. The van der Waals surface area contributed by atoms with E-state index in [2.05, 4.69) is 130 Å². The van der Waals surface area contributed by atoms with E-state index in [-0.39, 0.29) is 5.41 Å². The summed E-state index contributed by atoms with van der Waals surface area (Å²) in [4.78, 5) is 0. The molecule has 0 saturated carbocycles. The van der Waals surface area contributed by atoms with Crippen LogP contribution in [0.5, 0.6) is 0 Å². The van der Waals surface area contributed by atoms with Gasteiger partial charge in [0.1, 0.15) is 89.6 Å². The Labute approximate surface area is 243 Å². The van der Waals surface area contributed by atoms with E-state index in [1.807, 2.05) is 0 Å². The van der Waals surface area contributed by atoms with E-state index in [0.717, 1.165) is 11.2 Å². The van der Waals surface area contributed by atoms with Gasteiger partial charge in [0, 0.05) is 10.8 Å². The van der Waals surface area contributed by atoms with Crippen LogP contribution in [0.2, 0.25) is 0 Å². The van der Waals surface area contributed by atoms with Crippen LogP contribution < -0.4 is 54.6 Å². The second-order valence-corrected chi connectivity index (χ2v) is 12.9. The summed E-state index contributed by atoms with van der Waals surface area (Å²) in [6, 6.07) is 11.1. The molecule has 39 heavy (non-hydrogen) atoms. The maximum absolute atomic E-state index is 6.63. The molecule has 5 rings (SSSR count). The summed E-state index contributed by atoms with van der Waals surface area (Å²) < 4.78 is 6.63. The van der Waals surface area contributed by atoms with Crippen molar-refractivity contribution < 1.29 is 4.42 Å². The molecule has 0 fully saturated rings.